The number of amides is 1. The standard InChI is InChI=1S/C19H33N5OS/c1-5-15(6-2)18(25)24-11-8-16(9-12-24)23-19(20-4)21-10-7-17-22-13-14(3)26-17/h13,15-16H,5-12H2,1-4H3,(H2,20,21,23). The number of nitrogens with zero attached hydrogens (tertiary/aromatic N) is 3. The van der Waals surface area contributed by atoms with Crippen LogP contribution < -0.4 is 10.6 Å². The van der Waals surface area contributed by atoms with Crippen LogP contribution in [0.3, 0.4) is 0 Å². The fourth-order valence-corrected chi connectivity index (χ4v) is 4.12. The van der Waals surface area contributed by atoms with Crippen LogP contribution >= 0.6 is 11.3 Å². The summed E-state index contributed by atoms with van der Waals surface area (Å²) in [6.45, 7) is 8.77. The van der Waals surface area contributed by atoms with Crippen molar-refractivity contribution in [2.75, 3.05) is 26.7 Å². The van der Waals surface area contributed by atoms with E-state index in [1.54, 1.807) is 18.4 Å². The lowest BCUT2D eigenvalue weighted by atomic mass is 9.98. The quantitative estimate of drug-likeness (QED) is 0.564. The van der Waals surface area contributed by atoms with E-state index in [1.165, 1.54) is 4.88 Å². The first-order chi connectivity index (χ1) is 12.6. The molecule has 1 fully saturated rings. The number of aromatic nitrogens is 1. The summed E-state index contributed by atoms with van der Waals surface area (Å²) in [7, 11) is 1.80. The Hall–Kier alpha value is -1.63. The summed E-state index contributed by atoms with van der Waals surface area (Å²) in [4.78, 5) is 24.5. The van der Waals surface area contributed by atoms with E-state index in [2.05, 4.69) is 41.4 Å². The minimum atomic E-state index is 0.184. The van der Waals surface area contributed by atoms with Gasteiger partial charge in [0.2, 0.25) is 5.91 Å². The number of carbonyl (C=O) groups excluding carboxylic acids is 1. The molecule has 26 heavy (non-hydrogen) atoms. The monoisotopic (exact) mass is 379 g/mol. The number of aliphatic imine (C=N–C) groups is 1. The second-order valence-electron chi connectivity index (χ2n) is 6.87. The maximum absolute atomic E-state index is 12.5. The topological polar surface area (TPSA) is 69.6 Å². The Labute approximate surface area is 161 Å². The molecule has 146 valence electrons. The summed E-state index contributed by atoms with van der Waals surface area (Å²) in [6, 6.07) is 0.370. The predicted octanol–water partition coefficient (Wildman–Crippen LogP) is 2.59. The molecule has 0 aliphatic carbocycles. The van der Waals surface area contributed by atoms with Crippen molar-refractivity contribution >= 4 is 23.2 Å². The van der Waals surface area contributed by atoms with Crippen LogP contribution in [0.5, 0.6) is 0 Å². The minimum Gasteiger partial charge on any atom is -0.356 e. The highest BCUT2D eigenvalue weighted by Gasteiger charge is 2.26. The lowest BCUT2D eigenvalue weighted by Crippen LogP contribution is -2.50. The number of rotatable bonds is 7. The van der Waals surface area contributed by atoms with Crippen molar-refractivity contribution in [3.8, 4) is 0 Å². The number of nitrogens with one attached hydrogen (secondary N) is 2. The van der Waals surface area contributed by atoms with Gasteiger partial charge in [-0.25, -0.2) is 4.98 Å². The molecule has 0 radical (unpaired) electrons. The molecule has 0 unspecified atom stereocenters. The summed E-state index contributed by atoms with van der Waals surface area (Å²) >= 11 is 1.74. The minimum absolute atomic E-state index is 0.184. The zero-order valence-electron chi connectivity index (χ0n) is 16.5. The van der Waals surface area contributed by atoms with Gasteiger partial charge in [-0.15, -0.1) is 11.3 Å². The number of likely N-dealkylation sites (tertiary alicyclic amines) is 1. The van der Waals surface area contributed by atoms with Crippen molar-refractivity contribution in [3.63, 3.8) is 0 Å². The number of thiazole rings is 1. The molecule has 1 aromatic heterocycles. The normalized spacial score (nSPS) is 16.2. The van der Waals surface area contributed by atoms with E-state index in [4.69, 9.17) is 0 Å². The number of guanidine groups is 1. The highest BCUT2D eigenvalue weighted by molar-refractivity contribution is 7.11. The van der Waals surface area contributed by atoms with Gasteiger partial charge < -0.3 is 15.5 Å². The molecule has 0 aromatic carbocycles. The van der Waals surface area contributed by atoms with Gasteiger partial charge >= 0.3 is 0 Å². The highest BCUT2D eigenvalue weighted by atomic mass is 32.1. The molecule has 2 heterocycles. The van der Waals surface area contributed by atoms with Crippen LogP contribution in [0.25, 0.3) is 0 Å². The molecule has 0 bridgehead atoms. The second kappa shape index (κ2) is 10.5. The largest absolute Gasteiger partial charge is 0.356 e. The van der Waals surface area contributed by atoms with E-state index >= 15 is 0 Å². The van der Waals surface area contributed by atoms with Gasteiger partial charge in [0.15, 0.2) is 5.96 Å². The SMILES string of the molecule is CCC(CC)C(=O)N1CCC(NC(=NC)NCCc2ncc(C)s2)CC1. The van der Waals surface area contributed by atoms with Crippen molar-refractivity contribution in [3.05, 3.63) is 16.1 Å². The number of piperidine rings is 1. The molecule has 1 aromatic rings. The maximum Gasteiger partial charge on any atom is 0.225 e. The third-order valence-electron chi connectivity index (χ3n) is 5.01. The second-order valence-corrected chi connectivity index (χ2v) is 8.19. The molecule has 2 rings (SSSR count). The lowest BCUT2D eigenvalue weighted by molar-refractivity contribution is -0.136. The Bertz CT molecular complexity index is 589. The molecule has 0 saturated carbocycles. The Kier molecular flexibility index (Phi) is 8.35. The zero-order chi connectivity index (χ0) is 18.9. The van der Waals surface area contributed by atoms with E-state index in [-0.39, 0.29) is 5.92 Å². The lowest BCUT2D eigenvalue weighted by Gasteiger charge is -2.34. The van der Waals surface area contributed by atoms with Crippen LogP contribution in [0.15, 0.2) is 11.2 Å². The molecule has 2 N–H and O–H groups in total. The average molecular weight is 380 g/mol. The molecule has 1 aliphatic heterocycles. The van der Waals surface area contributed by atoms with Gasteiger partial charge in [-0.2, -0.15) is 0 Å². The first-order valence-corrected chi connectivity index (χ1v) is 10.6. The number of carbonyl (C=O) groups is 1. The van der Waals surface area contributed by atoms with Crippen LogP contribution in [0.4, 0.5) is 0 Å². The third-order valence-corrected chi connectivity index (χ3v) is 5.98. The van der Waals surface area contributed by atoms with E-state index in [1.807, 2.05) is 11.1 Å². The van der Waals surface area contributed by atoms with E-state index in [9.17, 15) is 4.79 Å². The summed E-state index contributed by atoms with van der Waals surface area (Å²) in [5, 5.41) is 8.02. The Morgan fingerprint density at radius 2 is 2.08 bits per heavy atom. The van der Waals surface area contributed by atoms with Crippen LogP contribution in [0.1, 0.15) is 49.4 Å². The van der Waals surface area contributed by atoms with Gasteiger partial charge in [-0.3, -0.25) is 9.79 Å². The number of hydrogen-bond acceptors (Lipinski definition) is 4. The van der Waals surface area contributed by atoms with Crippen LogP contribution in [-0.2, 0) is 11.2 Å². The summed E-state index contributed by atoms with van der Waals surface area (Å²) in [6.07, 6.45) is 6.63. The Morgan fingerprint density at radius 1 is 1.38 bits per heavy atom. The van der Waals surface area contributed by atoms with E-state index < -0.39 is 0 Å². The van der Waals surface area contributed by atoms with Gasteiger partial charge in [0.05, 0.1) is 5.01 Å². The van der Waals surface area contributed by atoms with Crippen molar-refractivity contribution < 1.29 is 4.79 Å². The van der Waals surface area contributed by atoms with Crippen molar-refractivity contribution in [1.82, 2.24) is 20.5 Å². The first kappa shape index (κ1) is 20.7. The van der Waals surface area contributed by atoms with Crippen LogP contribution in [0.2, 0.25) is 0 Å². The number of aryl methyl sites for hydroxylation is 1. The van der Waals surface area contributed by atoms with Gasteiger partial charge in [0, 0.05) is 56.1 Å². The van der Waals surface area contributed by atoms with E-state index in [0.29, 0.717) is 11.9 Å². The fraction of sp³-hybridized carbons (Fsp3) is 0.737. The van der Waals surface area contributed by atoms with Gasteiger partial charge in [-0.1, -0.05) is 13.8 Å². The van der Waals surface area contributed by atoms with Crippen molar-refractivity contribution in [2.45, 2.75) is 58.9 Å². The fourth-order valence-electron chi connectivity index (χ4n) is 3.33. The van der Waals surface area contributed by atoms with Crippen LogP contribution in [0, 0.1) is 12.8 Å². The highest BCUT2D eigenvalue weighted by Crippen LogP contribution is 2.17. The Morgan fingerprint density at radius 3 is 2.62 bits per heavy atom. The van der Waals surface area contributed by atoms with Crippen LogP contribution in [-0.4, -0.2) is 54.5 Å². The molecule has 6 nitrogen and oxygen atoms in total. The van der Waals surface area contributed by atoms with Crippen molar-refractivity contribution in [1.29, 1.82) is 0 Å². The van der Waals surface area contributed by atoms with Gasteiger partial charge in [0.1, 0.15) is 0 Å². The van der Waals surface area contributed by atoms with Gasteiger partial charge in [0.25, 0.3) is 0 Å². The molecule has 1 aliphatic rings. The molecule has 0 atom stereocenters. The molecular weight excluding hydrogens is 346 g/mol. The smallest absolute Gasteiger partial charge is 0.225 e. The predicted molar refractivity (Wildman–Crippen MR) is 109 cm³/mol. The zero-order valence-corrected chi connectivity index (χ0v) is 17.4. The molecule has 0 spiro atoms. The average Bonchev–Trinajstić information content (AvgIpc) is 3.07. The third kappa shape index (κ3) is 5.97. The molecule has 7 heteroatoms. The summed E-state index contributed by atoms with van der Waals surface area (Å²) in [5.74, 6) is 1.35. The van der Waals surface area contributed by atoms with Crippen molar-refractivity contribution in [2.24, 2.45) is 10.9 Å². The number of hydrogen-bond donors (Lipinski definition) is 2. The van der Waals surface area contributed by atoms with E-state index in [0.717, 1.165) is 62.7 Å². The van der Waals surface area contributed by atoms with Gasteiger partial charge in [-0.05, 0) is 32.6 Å². The molecule has 1 amide bonds. The maximum atomic E-state index is 12.5. The molecular formula is C19H33N5OS. The Balaban J connectivity index is 1.72. The summed E-state index contributed by atoms with van der Waals surface area (Å²) in [5.41, 5.74) is 0. The first-order valence-electron chi connectivity index (χ1n) is 9.74. The molecule has 1 saturated heterocycles. The summed E-state index contributed by atoms with van der Waals surface area (Å²) < 4.78 is 0.